The van der Waals surface area contributed by atoms with Gasteiger partial charge < -0.3 is 4.74 Å². The molecule has 2 aromatic carbocycles. The lowest BCUT2D eigenvalue weighted by Gasteiger charge is -2.23. The summed E-state index contributed by atoms with van der Waals surface area (Å²) in [4.78, 5) is 16.7. The highest BCUT2D eigenvalue weighted by atomic mass is 16.5. The first-order valence-corrected chi connectivity index (χ1v) is 10.5. The third kappa shape index (κ3) is 5.03. The second-order valence-corrected chi connectivity index (χ2v) is 7.90. The van der Waals surface area contributed by atoms with Crippen molar-refractivity contribution in [3.63, 3.8) is 0 Å². The Kier molecular flexibility index (Phi) is 7.03. The summed E-state index contributed by atoms with van der Waals surface area (Å²) in [5.41, 5.74) is 8.08. The molecule has 3 rings (SSSR count). The van der Waals surface area contributed by atoms with Crippen LogP contribution in [0, 0.1) is 20.8 Å². The number of hydrogen-bond acceptors (Lipinski definition) is 3. The van der Waals surface area contributed by atoms with Gasteiger partial charge in [0, 0.05) is 17.8 Å². The molecule has 1 atom stereocenters. The minimum absolute atomic E-state index is 0.201. The number of hydrogen-bond donors (Lipinski definition) is 0. The molecule has 0 spiro atoms. The zero-order chi connectivity index (χ0) is 20.8. The number of carbonyl (C=O) groups is 1. The fourth-order valence-electron chi connectivity index (χ4n) is 4.00. The van der Waals surface area contributed by atoms with Crippen molar-refractivity contribution in [3.05, 3.63) is 81.6 Å². The van der Waals surface area contributed by atoms with Crippen LogP contribution >= 0.6 is 0 Å². The molecule has 0 amide bonds. The lowest BCUT2D eigenvalue weighted by atomic mass is 9.83. The van der Waals surface area contributed by atoms with E-state index in [4.69, 9.17) is 9.73 Å². The second kappa shape index (κ2) is 9.69. The van der Waals surface area contributed by atoms with Crippen molar-refractivity contribution in [1.82, 2.24) is 0 Å². The van der Waals surface area contributed by atoms with Crippen LogP contribution in [-0.4, -0.2) is 19.3 Å². The van der Waals surface area contributed by atoms with Crippen LogP contribution < -0.4 is 0 Å². The van der Waals surface area contributed by atoms with Gasteiger partial charge in [0.2, 0.25) is 0 Å². The lowest BCUT2D eigenvalue weighted by molar-refractivity contribution is 0.0600. The smallest absolute Gasteiger partial charge is 0.337 e. The Balaban J connectivity index is 2.02. The van der Waals surface area contributed by atoms with E-state index in [1.54, 1.807) is 0 Å². The summed E-state index contributed by atoms with van der Waals surface area (Å²) in [6, 6.07) is 12.4. The Bertz CT molecular complexity index is 940. The Hall–Kier alpha value is -2.68. The van der Waals surface area contributed by atoms with Gasteiger partial charge in [0.25, 0.3) is 0 Å². The SMILES string of the molecule is COC(=O)c1ccc(CC(/C2=C/CCCCC=N2)c2cccc(C)c2C)c(C)c1. The average Bonchev–Trinajstić information content (AvgIpc) is 2.69. The molecule has 29 heavy (non-hydrogen) atoms. The summed E-state index contributed by atoms with van der Waals surface area (Å²) < 4.78 is 4.86. The number of esters is 1. The summed E-state index contributed by atoms with van der Waals surface area (Å²) >= 11 is 0. The lowest BCUT2D eigenvalue weighted by Crippen LogP contribution is -2.11. The molecule has 0 aliphatic carbocycles. The molecule has 0 aromatic heterocycles. The predicted octanol–water partition coefficient (Wildman–Crippen LogP) is 6.25. The van der Waals surface area contributed by atoms with Gasteiger partial charge in [-0.2, -0.15) is 0 Å². The molecule has 0 bridgehead atoms. The van der Waals surface area contributed by atoms with Gasteiger partial charge >= 0.3 is 5.97 Å². The number of benzene rings is 2. The van der Waals surface area contributed by atoms with E-state index in [0.717, 1.165) is 30.5 Å². The van der Waals surface area contributed by atoms with E-state index in [1.165, 1.54) is 42.2 Å². The van der Waals surface area contributed by atoms with E-state index in [0.29, 0.717) is 5.56 Å². The van der Waals surface area contributed by atoms with Gasteiger partial charge in [0.05, 0.1) is 12.7 Å². The van der Waals surface area contributed by atoms with Crippen LogP contribution in [0.3, 0.4) is 0 Å². The molecule has 0 radical (unpaired) electrons. The van der Waals surface area contributed by atoms with E-state index in [1.807, 2.05) is 12.1 Å². The number of methoxy groups -OCH3 is 1. The summed E-state index contributed by atoms with van der Waals surface area (Å²) in [6.45, 7) is 6.44. The fraction of sp³-hybridized carbons (Fsp3) is 0.385. The first-order chi connectivity index (χ1) is 14.0. The Labute approximate surface area is 174 Å². The second-order valence-electron chi connectivity index (χ2n) is 7.90. The fourth-order valence-corrected chi connectivity index (χ4v) is 4.00. The van der Waals surface area contributed by atoms with Crippen molar-refractivity contribution in [2.45, 2.75) is 58.8 Å². The maximum absolute atomic E-state index is 11.9. The van der Waals surface area contributed by atoms with E-state index in [9.17, 15) is 4.79 Å². The minimum atomic E-state index is -0.293. The zero-order valence-electron chi connectivity index (χ0n) is 18.0. The number of ether oxygens (including phenoxy) is 1. The molecule has 2 aromatic rings. The molecule has 1 aliphatic rings. The Morgan fingerprint density at radius 3 is 2.62 bits per heavy atom. The monoisotopic (exact) mass is 389 g/mol. The van der Waals surface area contributed by atoms with Crippen molar-refractivity contribution in [1.29, 1.82) is 0 Å². The summed E-state index contributed by atoms with van der Waals surface area (Å²) in [5.74, 6) is -0.0926. The van der Waals surface area contributed by atoms with Crippen LogP contribution in [0.5, 0.6) is 0 Å². The van der Waals surface area contributed by atoms with Gasteiger partial charge in [-0.05, 0) is 92.8 Å². The van der Waals surface area contributed by atoms with E-state index in [2.05, 4.69) is 57.3 Å². The number of aryl methyl sites for hydroxylation is 2. The topological polar surface area (TPSA) is 38.7 Å². The van der Waals surface area contributed by atoms with Gasteiger partial charge in [0.15, 0.2) is 0 Å². The largest absolute Gasteiger partial charge is 0.465 e. The van der Waals surface area contributed by atoms with Crippen LogP contribution in [-0.2, 0) is 11.2 Å². The Morgan fingerprint density at radius 2 is 1.86 bits per heavy atom. The first-order valence-electron chi connectivity index (χ1n) is 10.5. The maximum Gasteiger partial charge on any atom is 0.337 e. The van der Waals surface area contributed by atoms with Gasteiger partial charge in [0.1, 0.15) is 0 Å². The highest BCUT2D eigenvalue weighted by Gasteiger charge is 2.21. The van der Waals surface area contributed by atoms with Crippen LogP contribution in [0.4, 0.5) is 0 Å². The third-order valence-electron chi connectivity index (χ3n) is 5.95. The zero-order valence-corrected chi connectivity index (χ0v) is 18.0. The first kappa shape index (κ1) is 21.0. The molecule has 3 heteroatoms. The van der Waals surface area contributed by atoms with Crippen LogP contribution in [0.15, 0.2) is 53.2 Å². The quantitative estimate of drug-likeness (QED) is 0.567. The number of rotatable bonds is 5. The molecule has 0 saturated heterocycles. The molecule has 0 saturated carbocycles. The molecular formula is C26H31NO2. The van der Waals surface area contributed by atoms with Gasteiger partial charge in [-0.15, -0.1) is 0 Å². The summed E-state index contributed by atoms with van der Waals surface area (Å²) in [7, 11) is 1.42. The van der Waals surface area contributed by atoms with Crippen LogP contribution in [0.1, 0.15) is 69.8 Å². The Morgan fingerprint density at radius 1 is 1.07 bits per heavy atom. The maximum atomic E-state index is 11.9. The van der Waals surface area contributed by atoms with Crippen LogP contribution in [0.25, 0.3) is 0 Å². The molecule has 1 aliphatic heterocycles. The standard InChI is InChI=1S/C26H31NO2/c1-18-10-9-11-23(20(18)3)24(25-12-7-5-6-8-15-27-25)17-21-13-14-22(16-19(21)2)26(28)29-4/h9-16,24H,5-8,17H2,1-4H3/b25-12-,27-15?. The normalized spacial score (nSPS) is 17.0. The van der Waals surface area contributed by atoms with Crippen molar-refractivity contribution in [2.24, 2.45) is 4.99 Å². The molecule has 1 unspecified atom stereocenters. The van der Waals surface area contributed by atoms with Crippen molar-refractivity contribution < 1.29 is 9.53 Å². The molecule has 152 valence electrons. The number of allylic oxidation sites excluding steroid dienone is 2. The van der Waals surface area contributed by atoms with Crippen molar-refractivity contribution >= 4 is 12.2 Å². The van der Waals surface area contributed by atoms with Gasteiger partial charge in [-0.25, -0.2) is 4.79 Å². The number of aliphatic imine (C=N–C) groups is 1. The summed E-state index contributed by atoms with van der Waals surface area (Å²) in [5, 5.41) is 0. The van der Waals surface area contributed by atoms with E-state index in [-0.39, 0.29) is 11.9 Å². The highest BCUT2D eigenvalue weighted by Crippen LogP contribution is 2.34. The third-order valence-corrected chi connectivity index (χ3v) is 5.95. The van der Waals surface area contributed by atoms with E-state index >= 15 is 0 Å². The minimum Gasteiger partial charge on any atom is -0.465 e. The highest BCUT2D eigenvalue weighted by molar-refractivity contribution is 5.89. The van der Waals surface area contributed by atoms with Crippen molar-refractivity contribution in [3.8, 4) is 0 Å². The number of nitrogens with zero attached hydrogens (tertiary/aromatic N) is 1. The predicted molar refractivity (Wildman–Crippen MR) is 120 cm³/mol. The van der Waals surface area contributed by atoms with Crippen LogP contribution in [0.2, 0.25) is 0 Å². The average molecular weight is 390 g/mol. The molecular weight excluding hydrogens is 358 g/mol. The summed E-state index contributed by atoms with van der Waals surface area (Å²) in [6.07, 6.45) is 9.80. The van der Waals surface area contributed by atoms with E-state index < -0.39 is 0 Å². The van der Waals surface area contributed by atoms with Gasteiger partial charge in [-0.1, -0.05) is 30.3 Å². The number of carbonyl (C=O) groups excluding carboxylic acids is 1. The molecule has 0 fully saturated rings. The molecule has 1 heterocycles. The van der Waals surface area contributed by atoms with Crippen molar-refractivity contribution in [2.75, 3.05) is 7.11 Å². The van der Waals surface area contributed by atoms with Gasteiger partial charge in [-0.3, -0.25) is 4.99 Å². The molecule has 0 N–H and O–H groups in total. The molecule has 3 nitrogen and oxygen atoms in total.